The smallest absolute Gasteiger partial charge is 0.201 e. The van der Waals surface area contributed by atoms with Gasteiger partial charge < -0.3 is 0 Å². The zero-order chi connectivity index (χ0) is 14.6. The molecule has 0 unspecified atom stereocenters. The van der Waals surface area contributed by atoms with Crippen LogP contribution in [0.2, 0.25) is 0 Å². The lowest BCUT2D eigenvalue weighted by Gasteiger charge is -2.00. The molecule has 2 rings (SSSR count). The first-order chi connectivity index (χ1) is 9.49. The second-order valence-electron chi connectivity index (χ2n) is 4.19. The van der Waals surface area contributed by atoms with Gasteiger partial charge in [0.25, 0.3) is 0 Å². The SMILES string of the molecule is Cc1ccc(C(Br)=CNN=CC2=CC=CS2(=O)=O)cc1. The highest BCUT2D eigenvalue weighted by Crippen LogP contribution is 2.20. The average Bonchev–Trinajstić information content (AvgIpc) is 2.74. The molecule has 0 amide bonds. The van der Waals surface area contributed by atoms with Crippen LogP contribution in [0.3, 0.4) is 0 Å². The summed E-state index contributed by atoms with van der Waals surface area (Å²) in [4.78, 5) is 0.171. The first-order valence-corrected chi connectivity index (χ1v) is 8.18. The van der Waals surface area contributed by atoms with Gasteiger partial charge in [0.15, 0.2) is 0 Å². The van der Waals surface area contributed by atoms with E-state index in [-0.39, 0.29) is 4.91 Å². The van der Waals surface area contributed by atoms with Gasteiger partial charge in [-0.15, -0.1) is 0 Å². The maximum absolute atomic E-state index is 11.4. The highest BCUT2D eigenvalue weighted by molar-refractivity contribution is 9.15. The fourth-order valence-electron chi connectivity index (χ4n) is 1.52. The molecule has 0 aromatic heterocycles. The molecule has 0 saturated heterocycles. The molecule has 1 N–H and O–H groups in total. The number of nitrogens with zero attached hydrogens (tertiary/aromatic N) is 1. The Morgan fingerprint density at radius 2 is 2.00 bits per heavy atom. The molecule has 1 aromatic carbocycles. The van der Waals surface area contributed by atoms with Gasteiger partial charge in [-0.2, -0.15) is 5.10 Å². The largest absolute Gasteiger partial charge is 0.285 e. The van der Waals surface area contributed by atoms with Gasteiger partial charge in [0.2, 0.25) is 9.84 Å². The number of aryl methyl sites for hydroxylation is 1. The van der Waals surface area contributed by atoms with Gasteiger partial charge in [-0.25, -0.2) is 8.42 Å². The minimum atomic E-state index is -3.29. The molecular formula is C14H13BrN2O2S. The minimum Gasteiger partial charge on any atom is -0.285 e. The number of benzene rings is 1. The molecule has 4 nitrogen and oxygen atoms in total. The summed E-state index contributed by atoms with van der Waals surface area (Å²) in [5.41, 5.74) is 4.88. The molecule has 0 spiro atoms. The number of sulfone groups is 1. The van der Waals surface area contributed by atoms with Crippen LogP contribution >= 0.6 is 15.9 Å². The van der Waals surface area contributed by atoms with Crippen LogP contribution < -0.4 is 5.43 Å². The van der Waals surface area contributed by atoms with Gasteiger partial charge >= 0.3 is 0 Å². The summed E-state index contributed by atoms with van der Waals surface area (Å²) < 4.78 is 23.7. The van der Waals surface area contributed by atoms with Crippen molar-refractivity contribution in [1.82, 2.24) is 5.43 Å². The maximum Gasteiger partial charge on any atom is 0.201 e. The van der Waals surface area contributed by atoms with Crippen molar-refractivity contribution < 1.29 is 8.42 Å². The van der Waals surface area contributed by atoms with E-state index in [2.05, 4.69) is 26.5 Å². The van der Waals surface area contributed by atoms with Gasteiger partial charge in [-0.1, -0.05) is 29.8 Å². The molecule has 1 aliphatic heterocycles. The lowest BCUT2D eigenvalue weighted by molar-refractivity contribution is 0.612. The molecule has 104 valence electrons. The van der Waals surface area contributed by atoms with Crippen LogP contribution in [-0.4, -0.2) is 14.6 Å². The summed E-state index contributed by atoms with van der Waals surface area (Å²) in [7, 11) is -3.29. The highest BCUT2D eigenvalue weighted by atomic mass is 79.9. The zero-order valence-corrected chi connectivity index (χ0v) is 13.1. The Hall–Kier alpha value is -1.66. The number of allylic oxidation sites excluding steroid dienone is 3. The van der Waals surface area contributed by atoms with Crippen LogP contribution in [0.1, 0.15) is 11.1 Å². The van der Waals surface area contributed by atoms with Crippen molar-refractivity contribution in [2.24, 2.45) is 5.10 Å². The zero-order valence-electron chi connectivity index (χ0n) is 10.7. The van der Waals surface area contributed by atoms with E-state index in [0.29, 0.717) is 0 Å². The van der Waals surface area contributed by atoms with Gasteiger partial charge in [-0.3, -0.25) is 5.43 Å². The van der Waals surface area contributed by atoms with Gasteiger partial charge in [0.05, 0.1) is 11.1 Å². The number of hydrogen-bond acceptors (Lipinski definition) is 4. The van der Waals surface area contributed by atoms with E-state index in [4.69, 9.17) is 0 Å². The van der Waals surface area contributed by atoms with Crippen LogP contribution in [-0.2, 0) is 9.84 Å². The molecule has 1 aromatic rings. The lowest BCUT2D eigenvalue weighted by Crippen LogP contribution is -2.01. The Bertz CT molecular complexity index is 714. The summed E-state index contributed by atoms with van der Waals surface area (Å²) in [6, 6.07) is 7.98. The maximum atomic E-state index is 11.4. The van der Waals surface area contributed by atoms with Crippen molar-refractivity contribution >= 4 is 36.5 Å². The third-order valence-electron chi connectivity index (χ3n) is 2.63. The fourth-order valence-corrected chi connectivity index (χ4v) is 2.80. The third-order valence-corrected chi connectivity index (χ3v) is 4.73. The summed E-state index contributed by atoms with van der Waals surface area (Å²) >= 11 is 3.43. The number of rotatable bonds is 4. The minimum absolute atomic E-state index is 0.171. The molecule has 0 saturated carbocycles. The highest BCUT2D eigenvalue weighted by Gasteiger charge is 2.15. The fraction of sp³-hybridized carbons (Fsp3) is 0.0714. The van der Waals surface area contributed by atoms with Crippen LogP contribution in [0.25, 0.3) is 4.48 Å². The summed E-state index contributed by atoms with van der Waals surface area (Å²) in [5.74, 6) is 0. The Kier molecular flexibility index (Phi) is 4.57. The first-order valence-electron chi connectivity index (χ1n) is 5.84. The monoisotopic (exact) mass is 352 g/mol. The molecule has 20 heavy (non-hydrogen) atoms. The van der Waals surface area contributed by atoms with Crippen molar-refractivity contribution in [3.63, 3.8) is 0 Å². The summed E-state index contributed by atoms with van der Waals surface area (Å²) in [5, 5.41) is 5.01. The predicted molar refractivity (Wildman–Crippen MR) is 85.9 cm³/mol. The number of hydrazone groups is 1. The van der Waals surface area contributed by atoms with E-state index in [1.54, 1.807) is 6.20 Å². The Balaban J connectivity index is 1.98. The topological polar surface area (TPSA) is 58.5 Å². The lowest BCUT2D eigenvalue weighted by atomic mass is 10.1. The predicted octanol–water partition coefficient (Wildman–Crippen LogP) is 3.09. The molecule has 1 heterocycles. The van der Waals surface area contributed by atoms with Crippen LogP contribution in [0.4, 0.5) is 0 Å². The molecule has 0 fully saturated rings. The number of hydrogen-bond donors (Lipinski definition) is 1. The van der Waals surface area contributed by atoms with E-state index >= 15 is 0 Å². The molecule has 1 aliphatic rings. The first kappa shape index (κ1) is 14.7. The third kappa shape index (κ3) is 3.68. The van der Waals surface area contributed by atoms with E-state index in [9.17, 15) is 8.42 Å². The molecule has 0 radical (unpaired) electrons. The van der Waals surface area contributed by atoms with Crippen LogP contribution in [0.15, 0.2) is 58.0 Å². The van der Waals surface area contributed by atoms with Crippen LogP contribution in [0, 0.1) is 6.92 Å². The Morgan fingerprint density at radius 1 is 1.30 bits per heavy atom. The molecule has 0 aliphatic carbocycles. The average molecular weight is 353 g/mol. The normalized spacial score (nSPS) is 17.5. The molecule has 0 bridgehead atoms. The van der Waals surface area contributed by atoms with E-state index in [0.717, 1.165) is 15.5 Å². The van der Waals surface area contributed by atoms with E-state index < -0.39 is 9.84 Å². The molecule has 6 heteroatoms. The van der Waals surface area contributed by atoms with Gasteiger partial charge in [0, 0.05) is 16.1 Å². The Labute approximate surface area is 126 Å². The van der Waals surface area contributed by atoms with E-state index in [1.807, 2.05) is 31.2 Å². The summed E-state index contributed by atoms with van der Waals surface area (Å²) in [6.07, 6.45) is 5.91. The standard InChI is InChI=1S/C14H13BrN2O2S/c1-11-4-6-12(7-5-11)14(15)10-17-16-9-13-3-2-8-20(13,18)19/h2-10,17H,1H3. The van der Waals surface area contributed by atoms with Crippen molar-refractivity contribution in [3.8, 4) is 0 Å². The number of nitrogens with one attached hydrogen (secondary N) is 1. The van der Waals surface area contributed by atoms with Crippen LogP contribution in [0.5, 0.6) is 0 Å². The molecule has 0 atom stereocenters. The quantitative estimate of drug-likeness (QED) is 0.669. The van der Waals surface area contributed by atoms with Gasteiger partial charge in [0.1, 0.15) is 0 Å². The van der Waals surface area contributed by atoms with Crippen molar-refractivity contribution in [3.05, 3.63) is 64.1 Å². The van der Waals surface area contributed by atoms with Gasteiger partial charge in [-0.05, 0) is 40.6 Å². The van der Waals surface area contributed by atoms with Crippen molar-refractivity contribution in [2.45, 2.75) is 6.92 Å². The summed E-state index contributed by atoms with van der Waals surface area (Å²) in [6.45, 7) is 2.02. The van der Waals surface area contributed by atoms with Crippen molar-refractivity contribution in [1.29, 1.82) is 0 Å². The molecular weight excluding hydrogens is 340 g/mol. The Morgan fingerprint density at radius 3 is 2.60 bits per heavy atom. The number of halogens is 1. The second kappa shape index (κ2) is 6.19. The van der Waals surface area contributed by atoms with E-state index in [1.165, 1.54) is 23.9 Å². The van der Waals surface area contributed by atoms with Crippen molar-refractivity contribution in [2.75, 3.05) is 0 Å². The second-order valence-corrected chi connectivity index (χ2v) is 6.88.